The maximum atomic E-state index is 12.3. The number of aryl methyl sites for hydroxylation is 1. The van der Waals surface area contributed by atoms with Crippen molar-refractivity contribution in [2.45, 2.75) is 12.5 Å². The smallest absolute Gasteiger partial charge is 0.225 e. The van der Waals surface area contributed by atoms with Crippen molar-refractivity contribution in [3.63, 3.8) is 0 Å². The lowest BCUT2D eigenvalue weighted by molar-refractivity contribution is -0.116. The zero-order chi connectivity index (χ0) is 17.8. The number of hydrogen-bond acceptors (Lipinski definition) is 4. The number of rotatable bonds is 5. The molecule has 0 bridgehead atoms. The van der Waals surface area contributed by atoms with E-state index in [-0.39, 0.29) is 24.4 Å². The number of benzene rings is 1. The third kappa shape index (κ3) is 5.11. The maximum Gasteiger partial charge on any atom is 0.225 e. The van der Waals surface area contributed by atoms with Crippen molar-refractivity contribution < 1.29 is 4.79 Å². The first-order chi connectivity index (χ1) is 12.0. The largest absolute Gasteiger partial charge is 0.337 e. The minimum absolute atomic E-state index is 0. The van der Waals surface area contributed by atoms with E-state index >= 15 is 0 Å². The monoisotopic (exact) mass is 417 g/mol. The molecule has 1 fully saturated rings. The molecule has 1 unspecified atom stereocenters. The first-order valence-corrected chi connectivity index (χ1v) is 8.97. The first kappa shape index (κ1) is 21.0. The molecule has 0 aliphatic carbocycles. The Morgan fingerprint density at radius 1 is 1.42 bits per heavy atom. The molecule has 1 aromatic carbocycles. The quantitative estimate of drug-likeness (QED) is 0.783. The molecule has 9 heteroatoms. The molecule has 0 spiro atoms. The van der Waals surface area contributed by atoms with E-state index in [1.54, 1.807) is 24.4 Å². The van der Waals surface area contributed by atoms with Gasteiger partial charge in [0.05, 0.1) is 16.8 Å². The van der Waals surface area contributed by atoms with Crippen LogP contribution in [-0.2, 0) is 11.8 Å². The van der Waals surface area contributed by atoms with E-state index in [9.17, 15) is 4.79 Å². The lowest BCUT2D eigenvalue weighted by atomic mass is 10.1. The second kappa shape index (κ2) is 9.58. The van der Waals surface area contributed by atoms with Crippen molar-refractivity contribution in [3.05, 3.63) is 46.5 Å². The third-order valence-corrected chi connectivity index (χ3v) is 4.90. The van der Waals surface area contributed by atoms with E-state index in [0.29, 0.717) is 28.7 Å². The summed E-state index contributed by atoms with van der Waals surface area (Å²) in [4.78, 5) is 19.0. The van der Waals surface area contributed by atoms with Crippen LogP contribution in [0.1, 0.15) is 18.3 Å². The van der Waals surface area contributed by atoms with Gasteiger partial charge in [0.1, 0.15) is 5.82 Å². The van der Waals surface area contributed by atoms with Gasteiger partial charge < -0.3 is 15.2 Å². The summed E-state index contributed by atoms with van der Waals surface area (Å²) < 4.78 is 2.02. The van der Waals surface area contributed by atoms with Crippen molar-refractivity contribution in [1.82, 2.24) is 19.8 Å². The van der Waals surface area contributed by atoms with Crippen LogP contribution in [0.25, 0.3) is 0 Å². The van der Waals surface area contributed by atoms with E-state index in [2.05, 4.69) is 20.5 Å². The number of piperazine rings is 1. The Morgan fingerprint density at radius 3 is 2.96 bits per heavy atom. The lowest BCUT2D eigenvalue weighted by Gasteiger charge is -2.35. The van der Waals surface area contributed by atoms with E-state index < -0.39 is 0 Å². The Bertz CT molecular complexity index is 752. The van der Waals surface area contributed by atoms with E-state index in [0.717, 1.165) is 25.5 Å². The van der Waals surface area contributed by atoms with Crippen LogP contribution in [0.5, 0.6) is 0 Å². The van der Waals surface area contributed by atoms with Crippen LogP contribution in [0.4, 0.5) is 5.69 Å². The number of imidazole rings is 1. The SMILES string of the molecule is Cl.Cn1ccnc1C1CNCCN1CCC(=O)Nc1cc(Cl)ccc1Cl. The highest BCUT2D eigenvalue weighted by Gasteiger charge is 2.26. The van der Waals surface area contributed by atoms with Gasteiger partial charge in [0.15, 0.2) is 0 Å². The van der Waals surface area contributed by atoms with Gasteiger partial charge in [-0.3, -0.25) is 9.69 Å². The second-order valence-electron chi connectivity index (χ2n) is 6.07. The number of nitrogens with one attached hydrogen (secondary N) is 2. The van der Waals surface area contributed by atoms with Crippen LogP contribution in [0.3, 0.4) is 0 Å². The van der Waals surface area contributed by atoms with Gasteiger partial charge in [0, 0.05) is 57.1 Å². The van der Waals surface area contributed by atoms with Gasteiger partial charge >= 0.3 is 0 Å². The molecule has 1 atom stereocenters. The highest BCUT2D eigenvalue weighted by molar-refractivity contribution is 6.35. The molecular formula is C17H22Cl3N5O. The predicted molar refractivity (Wildman–Crippen MR) is 107 cm³/mol. The van der Waals surface area contributed by atoms with Crippen LogP contribution < -0.4 is 10.6 Å². The average Bonchev–Trinajstić information content (AvgIpc) is 3.02. The highest BCUT2D eigenvalue weighted by atomic mass is 35.5. The molecule has 1 aliphatic rings. The third-order valence-electron chi connectivity index (χ3n) is 4.34. The highest BCUT2D eigenvalue weighted by Crippen LogP contribution is 2.26. The number of amides is 1. The summed E-state index contributed by atoms with van der Waals surface area (Å²) in [7, 11) is 1.99. The van der Waals surface area contributed by atoms with E-state index in [1.165, 1.54) is 0 Å². The predicted octanol–water partition coefficient (Wildman–Crippen LogP) is 3.12. The molecule has 1 saturated heterocycles. The van der Waals surface area contributed by atoms with Gasteiger partial charge in [-0.2, -0.15) is 0 Å². The number of anilines is 1. The molecule has 2 aromatic rings. The number of halogens is 3. The Morgan fingerprint density at radius 2 is 2.23 bits per heavy atom. The number of carbonyl (C=O) groups is 1. The number of hydrogen-bond donors (Lipinski definition) is 2. The average molecular weight is 419 g/mol. The van der Waals surface area contributed by atoms with Gasteiger partial charge in [-0.1, -0.05) is 23.2 Å². The lowest BCUT2D eigenvalue weighted by Crippen LogP contribution is -2.47. The minimum Gasteiger partial charge on any atom is -0.337 e. The van der Waals surface area contributed by atoms with Crippen LogP contribution in [0, 0.1) is 0 Å². The fourth-order valence-electron chi connectivity index (χ4n) is 3.02. The number of aromatic nitrogens is 2. The Hall–Kier alpha value is -1.31. The molecule has 0 radical (unpaired) electrons. The van der Waals surface area contributed by atoms with E-state index in [4.69, 9.17) is 23.2 Å². The van der Waals surface area contributed by atoms with Crippen LogP contribution in [0.2, 0.25) is 10.0 Å². The summed E-state index contributed by atoms with van der Waals surface area (Å²) in [5.74, 6) is 0.923. The fourth-order valence-corrected chi connectivity index (χ4v) is 3.35. The topological polar surface area (TPSA) is 62.2 Å². The molecule has 3 rings (SSSR count). The summed E-state index contributed by atoms with van der Waals surface area (Å²) in [5.41, 5.74) is 0.542. The Balaban J connectivity index is 0.00000243. The molecule has 6 nitrogen and oxygen atoms in total. The van der Waals surface area contributed by atoms with Gasteiger partial charge in [-0.15, -0.1) is 12.4 Å². The van der Waals surface area contributed by atoms with Crippen molar-refractivity contribution in [3.8, 4) is 0 Å². The normalized spacial score (nSPS) is 17.6. The van der Waals surface area contributed by atoms with Gasteiger partial charge in [-0.05, 0) is 18.2 Å². The summed E-state index contributed by atoms with van der Waals surface area (Å²) in [5, 5.41) is 7.24. The summed E-state index contributed by atoms with van der Waals surface area (Å²) in [6.45, 7) is 3.27. The Kier molecular flexibility index (Phi) is 7.73. The van der Waals surface area contributed by atoms with Crippen LogP contribution >= 0.6 is 35.6 Å². The molecular weight excluding hydrogens is 397 g/mol. The van der Waals surface area contributed by atoms with Gasteiger partial charge in [0.25, 0.3) is 0 Å². The standard InChI is InChI=1S/C17H21Cl2N5O.ClH/c1-23-8-6-21-17(23)15-11-20-5-9-24(15)7-4-16(25)22-14-10-12(18)2-3-13(14)19;/h2-3,6,8,10,15,20H,4-5,7,9,11H2,1H3,(H,22,25);1H. The molecule has 26 heavy (non-hydrogen) atoms. The molecule has 1 aliphatic heterocycles. The van der Waals surface area contributed by atoms with Crippen LogP contribution in [-0.4, -0.2) is 46.5 Å². The van der Waals surface area contributed by atoms with Gasteiger partial charge in [0.2, 0.25) is 5.91 Å². The van der Waals surface area contributed by atoms with Crippen molar-refractivity contribution >= 4 is 47.2 Å². The first-order valence-electron chi connectivity index (χ1n) is 8.21. The van der Waals surface area contributed by atoms with Crippen LogP contribution in [0.15, 0.2) is 30.6 Å². The summed E-state index contributed by atoms with van der Waals surface area (Å²) >= 11 is 12.0. The van der Waals surface area contributed by atoms with E-state index in [1.807, 2.05) is 17.8 Å². The van der Waals surface area contributed by atoms with Gasteiger partial charge in [-0.25, -0.2) is 4.98 Å². The number of nitrogens with zero attached hydrogens (tertiary/aromatic N) is 3. The molecule has 0 saturated carbocycles. The molecule has 2 heterocycles. The molecule has 2 N–H and O–H groups in total. The maximum absolute atomic E-state index is 12.3. The zero-order valence-corrected chi connectivity index (χ0v) is 16.7. The second-order valence-corrected chi connectivity index (χ2v) is 6.92. The summed E-state index contributed by atoms with van der Waals surface area (Å²) in [6, 6.07) is 5.19. The molecule has 1 amide bonds. The fraction of sp³-hybridized carbons (Fsp3) is 0.412. The zero-order valence-electron chi connectivity index (χ0n) is 14.4. The minimum atomic E-state index is -0.0821. The van der Waals surface area contributed by atoms with Crippen molar-refractivity contribution in [2.75, 3.05) is 31.5 Å². The number of carbonyl (C=O) groups excluding carboxylic acids is 1. The Labute approximate surface area is 169 Å². The molecule has 1 aromatic heterocycles. The molecule has 142 valence electrons. The summed E-state index contributed by atoms with van der Waals surface area (Å²) in [6.07, 6.45) is 4.12. The van der Waals surface area contributed by atoms with Crippen molar-refractivity contribution in [1.29, 1.82) is 0 Å². The van der Waals surface area contributed by atoms with Crippen molar-refractivity contribution in [2.24, 2.45) is 7.05 Å².